The molecule has 0 heterocycles. The number of carbonyl (C=O) groups is 3. The van der Waals surface area contributed by atoms with Crippen LogP contribution < -0.4 is 10.6 Å². The zero-order valence-electron chi connectivity index (χ0n) is 11.0. The largest absolute Gasteiger partial charge is 0.480 e. The van der Waals surface area contributed by atoms with Crippen molar-refractivity contribution in [1.82, 2.24) is 5.32 Å². The maximum atomic E-state index is 12.9. The number of carboxylic acids is 1. The normalized spacial score (nSPS) is 11.5. The van der Waals surface area contributed by atoms with E-state index in [0.29, 0.717) is 17.9 Å². The molecule has 0 spiro atoms. The van der Waals surface area contributed by atoms with E-state index >= 15 is 0 Å². The topological polar surface area (TPSA) is 95.5 Å². The number of amides is 2. The summed E-state index contributed by atoms with van der Waals surface area (Å²) in [5, 5.41) is 13.5. The van der Waals surface area contributed by atoms with Gasteiger partial charge in [0.05, 0.1) is 5.75 Å². The molecule has 21 heavy (non-hydrogen) atoms. The van der Waals surface area contributed by atoms with Gasteiger partial charge < -0.3 is 15.7 Å². The van der Waals surface area contributed by atoms with Gasteiger partial charge in [-0.15, -0.1) is 0 Å². The van der Waals surface area contributed by atoms with Gasteiger partial charge in [-0.3, -0.25) is 9.59 Å². The second-order valence-electron chi connectivity index (χ2n) is 4.08. The van der Waals surface area contributed by atoms with Crippen molar-refractivity contribution in [3.8, 4) is 0 Å². The molecular weight excluding hydrogens is 299 g/mol. The van der Waals surface area contributed by atoms with Gasteiger partial charge in [0.1, 0.15) is 11.9 Å². The number of hydrogen-bond acceptors (Lipinski definition) is 4. The number of carboxylic acid groups (broad SMARTS) is 1. The van der Waals surface area contributed by atoms with E-state index < -0.39 is 17.8 Å². The summed E-state index contributed by atoms with van der Waals surface area (Å²) >= 11 is 1.23. The van der Waals surface area contributed by atoms with Crippen molar-refractivity contribution < 1.29 is 23.9 Å². The molecule has 0 fully saturated rings. The molecule has 1 aromatic carbocycles. The van der Waals surface area contributed by atoms with Crippen LogP contribution in [0.1, 0.15) is 6.42 Å². The van der Waals surface area contributed by atoms with Gasteiger partial charge in [-0.2, -0.15) is 11.8 Å². The third-order valence-electron chi connectivity index (χ3n) is 2.46. The number of benzene rings is 1. The van der Waals surface area contributed by atoms with Crippen molar-refractivity contribution in [2.45, 2.75) is 12.5 Å². The highest BCUT2D eigenvalue weighted by atomic mass is 32.2. The molecule has 1 aromatic rings. The van der Waals surface area contributed by atoms with E-state index in [2.05, 4.69) is 10.6 Å². The van der Waals surface area contributed by atoms with E-state index in [4.69, 9.17) is 5.11 Å². The molecule has 1 rings (SSSR count). The van der Waals surface area contributed by atoms with E-state index in [1.165, 1.54) is 30.0 Å². The molecular formula is C13H15FN2O4S. The molecule has 8 heteroatoms. The van der Waals surface area contributed by atoms with Crippen LogP contribution >= 0.6 is 11.8 Å². The Morgan fingerprint density at radius 3 is 2.81 bits per heavy atom. The van der Waals surface area contributed by atoms with E-state index in [1.807, 2.05) is 0 Å². The Morgan fingerprint density at radius 2 is 2.19 bits per heavy atom. The SMILES string of the molecule is O=CNC(CCSCC(=O)Nc1cccc(F)c1)C(=O)O. The van der Waals surface area contributed by atoms with Gasteiger partial charge in [-0.1, -0.05) is 6.07 Å². The third-order valence-corrected chi connectivity index (χ3v) is 3.45. The molecule has 0 aliphatic carbocycles. The van der Waals surface area contributed by atoms with E-state index in [0.717, 1.165) is 0 Å². The van der Waals surface area contributed by atoms with Gasteiger partial charge in [0, 0.05) is 5.69 Å². The van der Waals surface area contributed by atoms with Crippen molar-refractivity contribution in [2.75, 3.05) is 16.8 Å². The number of thioether (sulfide) groups is 1. The summed E-state index contributed by atoms with van der Waals surface area (Å²) < 4.78 is 12.9. The number of nitrogens with one attached hydrogen (secondary N) is 2. The van der Waals surface area contributed by atoms with Crippen molar-refractivity contribution in [3.05, 3.63) is 30.1 Å². The fourth-order valence-corrected chi connectivity index (χ4v) is 2.29. The molecule has 0 bridgehead atoms. The monoisotopic (exact) mass is 314 g/mol. The van der Waals surface area contributed by atoms with Gasteiger partial charge >= 0.3 is 5.97 Å². The summed E-state index contributed by atoms with van der Waals surface area (Å²) in [6, 6.07) is 4.58. The maximum Gasteiger partial charge on any atom is 0.326 e. The van der Waals surface area contributed by atoms with Crippen LogP contribution in [0, 0.1) is 5.82 Å². The Labute approximate surface area is 125 Å². The number of rotatable bonds is 9. The van der Waals surface area contributed by atoms with Crippen LogP contribution in [0.25, 0.3) is 0 Å². The van der Waals surface area contributed by atoms with Crippen LogP contribution in [-0.2, 0) is 14.4 Å². The standard InChI is InChI=1S/C13H15FN2O4S/c14-9-2-1-3-10(6-9)16-12(18)7-21-5-4-11(13(19)20)15-8-17/h1-3,6,8,11H,4-5,7H2,(H,15,17)(H,16,18)(H,19,20). The number of aliphatic carboxylic acids is 1. The van der Waals surface area contributed by atoms with Crippen LogP contribution in [0.15, 0.2) is 24.3 Å². The van der Waals surface area contributed by atoms with Crippen LogP contribution in [-0.4, -0.2) is 40.9 Å². The van der Waals surface area contributed by atoms with E-state index in [9.17, 15) is 18.8 Å². The zero-order chi connectivity index (χ0) is 15.7. The number of hydrogen-bond donors (Lipinski definition) is 3. The first-order chi connectivity index (χ1) is 10.0. The first-order valence-corrected chi connectivity index (χ1v) is 7.24. The predicted molar refractivity (Wildman–Crippen MR) is 77.6 cm³/mol. The summed E-state index contributed by atoms with van der Waals surface area (Å²) in [7, 11) is 0. The van der Waals surface area contributed by atoms with Gasteiger partial charge in [0.25, 0.3) is 0 Å². The van der Waals surface area contributed by atoms with Crippen molar-refractivity contribution in [1.29, 1.82) is 0 Å². The summed E-state index contributed by atoms with van der Waals surface area (Å²) in [5.74, 6) is -1.35. The van der Waals surface area contributed by atoms with Crippen LogP contribution in [0.5, 0.6) is 0 Å². The van der Waals surface area contributed by atoms with Crippen LogP contribution in [0.2, 0.25) is 0 Å². The third kappa shape index (κ3) is 6.75. The van der Waals surface area contributed by atoms with Crippen molar-refractivity contribution >= 4 is 35.7 Å². The Bertz CT molecular complexity index is 513. The Hall–Kier alpha value is -2.09. The van der Waals surface area contributed by atoms with Crippen molar-refractivity contribution in [2.24, 2.45) is 0 Å². The second kappa shape index (κ2) is 8.96. The minimum atomic E-state index is -1.12. The highest BCUT2D eigenvalue weighted by Crippen LogP contribution is 2.11. The molecule has 0 saturated carbocycles. The lowest BCUT2D eigenvalue weighted by Gasteiger charge is -2.10. The predicted octanol–water partition coefficient (Wildman–Crippen LogP) is 1.09. The smallest absolute Gasteiger partial charge is 0.326 e. The molecule has 0 radical (unpaired) electrons. The lowest BCUT2D eigenvalue weighted by atomic mass is 10.2. The van der Waals surface area contributed by atoms with Gasteiger partial charge in [0.2, 0.25) is 12.3 Å². The molecule has 0 aromatic heterocycles. The second-order valence-corrected chi connectivity index (χ2v) is 5.18. The molecule has 1 unspecified atom stereocenters. The van der Waals surface area contributed by atoms with Crippen LogP contribution in [0.3, 0.4) is 0 Å². The zero-order valence-corrected chi connectivity index (χ0v) is 11.9. The van der Waals surface area contributed by atoms with Crippen LogP contribution in [0.4, 0.5) is 10.1 Å². The fourth-order valence-electron chi connectivity index (χ4n) is 1.49. The number of carbonyl (C=O) groups excluding carboxylic acids is 2. The molecule has 0 aliphatic rings. The number of halogens is 1. The fraction of sp³-hybridized carbons (Fsp3) is 0.308. The molecule has 6 nitrogen and oxygen atoms in total. The summed E-state index contributed by atoms with van der Waals surface area (Å²) in [4.78, 5) is 32.5. The van der Waals surface area contributed by atoms with E-state index in [1.54, 1.807) is 6.07 Å². The quantitative estimate of drug-likeness (QED) is 0.468. The molecule has 1 atom stereocenters. The van der Waals surface area contributed by atoms with Gasteiger partial charge in [-0.25, -0.2) is 9.18 Å². The molecule has 2 amide bonds. The Kier molecular flexibility index (Phi) is 7.24. The molecule has 3 N–H and O–H groups in total. The highest BCUT2D eigenvalue weighted by molar-refractivity contribution is 7.99. The average molecular weight is 314 g/mol. The van der Waals surface area contributed by atoms with Gasteiger partial charge in [-0.05, 0) is 30.4 Å². The Morgan fingerprint density at radius 1 is 1.43 bits per heavy atom. The maximum absolute atomic E-state index is 12.9. The molecule has 0 saturated heterocycles. The molecule has 0 aliphatic heterocycles. The lowest BCUT2D eigenvalue weighted by Crippen LogP contribution is -2.36. The summed E-state index contributed by atoms with van der Waals surface area (Å²) in [6.45, 7) is 0. The highest BCUT2D eigenvalue weighted by Gasteiger charge is 2.15. The first kappa shape index (κ1) is 17.0. The van der Waals surface area contributed by atoms with Gasteiger partial charge in [0.15, 0.2) is 0 Å². The summed E-state index contributed by atoms with van der Waals surface area (Å²) in [6.07, 6.45) is 0.548. The number of anilines is 1. The van der Waals surface area contributed by atoms with Crippen molar-refractivity contribution in [3.63, 3.8) is 0 Å². The average Bonchev–Trinajstić information content (AvgIpc) is 2.42. The minimum absolute atomic E-state index is 0.115. The lowest BCUT2D eigenvalue weighted by molar-refractivity contribution is -0.140. The first-order valence-electron chi connectivity index (χ1n) is 6.08. The Balaban J connectivity index is 2.27. The summed E-state index contributed by atoms with van der Waals surface area (Å²) in [5.41, 5.74) is 0.367. The molecule has 114 valence electrons. The minimum Gasteiger partial charge on any atom is -0.480 e. The van der Waals surface area contributed by atoms with E-state index in [-0.39, 0.29) is 18.1 Å².